The Balaban J connectivity index is 3.10. The number of hydrogen-bond donors (Lipinski definition) is 5. The van der Waals surface area contributed by atoms with Crippen LogP contribution in [0.3, 0.4) is 0 Å². The van der Waals surface area contributed by atoms with Crippen LogP contribution in [0.2, 0.25) is 0 Å². The Morgan fingerprint density at radius 1 is 1.28 bits per heavy atom. The van der Waals surface area contributed by atoms with E-state index in [9.17, 15) is 14.2 Å². The molecule has 0 aromatic heterocycles. The van der Waals surface area contributed by atoms with Gasteiger partial charge in [0.15, 0.2) is 0 Å². The normalized spacial score (nSPS) is 17.9. The molecule has 0 amide bonds. The molecule has 0 aromatic carbocycles. The van der Waals surface area contributed by atoms with Crippen LogP contribution in [-0.2, 0) is 9.13 Å². The summed E-state index contributed by atoms with van der Waals surface area (Å²) in [5, 5.41) is 6.34. The summed E-state index contributed by atoms with van der Waals surface area (Å²) in [4.78, 5) is 37.6. The third-order valence-corrected chi connectivity index (χ3v) is 6.27. The molecule has 1 rings (SSSR count). The van der Waals surface area contributed by atoms with Crippen molar-refractivity contribution in [1.82, 2.24) is 4.90 Å². The maximum atomic E-state index is 11.1. The Kier molecular flexibility index (Phi) is 4.25. The lowest BCUT2D eigenvalue weighted by Crippen LogP contribution is -2.31. The molecule has 8 nitrogen and oxygen atoms in total. The van der Waals surface area contributed by atoms with Crippen molar-refractivity contribution in [2.24, 2.45) is 0 Å². The van der Waals surface area contributed by atoms with Gasteiger partial charge in [-0.15, -0.1) is 0 Å². The quantitative estimate of drug-likeness (QED) is 0.448. The monoisotopic (exact) mass is 299 g/mol. The predicted molar refractivity (Wildman–Crippen MR) is 63.5 cm³/mol. The van der Waals surface area contributed by atoms with Crippen LogP contribution >= 0.6 is 15.2 Å². The molecule has 5 N–H and O–H groups in total. The topological polar surface area (TPSA) is 139 Å². The first-order valence-electron chi connectivity index (χ1n) is 4.87. The highest BCUT2D eigenvalue weighted by atomic mass is 31.2. The molecule has 10 heteroatoms. The van der Waals surface area contributed by atoms with Crippen molar-refractivity contribution in [3.63, 3.8) is 0 Å². The number of allylic oxidation sites excluding steroid dienone is 2. The molecule has 0 atom stereocenters. The van der Waals surface area contributed by atoms with Gasteiger partial charge >= 0.3 is 15.2 Å². The summed E-state index contributed by atoms with van der Waals surface area (Å²) >= 11 is 0. The van der Waals surface area contributed by atoms with E-state index in [0.29, 0.717) is 5.57 Å². The molecule has 0 unspecified atom stereocenters. The average molecular weight is 299 g/mol. The van der Waals surface area contributed by atoms with Gasteiger partial charge in [-0.1, -0.05) is 6.08 Å². The van der Waals surface area contributed by atoms with Gasteiger partial charge in [-0.3, -0.25) is 9.13 Å². The zero-order chi connectivity index (χ0) is 14.2. The SMILES string of the molecule is CN1C=CC=C(CC(O)(P(=O)(O)O)P(=O)(O)O)C1. The van der Waals surface area contributed by atoms with Crippen LogP contribution in [0.5, 0.6) is 0 Å². The smallest absolute Gasteiger partial charge is 0.369 e. The zero-order valence-corrected chi connectivity index (χ0v) is 11.3. The molecule has 0 aliphatic carbocycles. The maximum absolute atomic E-state index is 11.1. The van der Waals surface area contributed by atoms with Gasteiger partial charge in [-0.05, 0) is 17.8 Å². The highest BCUT2D eigenvalue weighted by Crippen LogP contribution is 2.69. The molecule has 1 heterocycles. The molecule has 104 valence electrons. The predicted octanol–water partition coefficient (Wildman–Crippen LogP) is -0.237. The zero-order valence-electron chi connectivity index (χ0n) is 9.54. The Labute approximate surface area is 104 Å². The number of likely N-dealkylation sites (N-methyl/N-ethyl adjacent to an activating group) is 1. The summed E-state index contributed by atoms with van der Waals surface area (Å²) < 4.78 is 22.3. The Morgan fingerprint density at radius 3 is 2.17 bits per heavy atom. The van der Waals surface area contributed by atoms with Crippen molar-refractivity contribution in [3.8, 4) is 0 Å². The van der Waals surface area contributed by atoms with Crippen LogP contribution in [0.1, 0.15) is 6.42 Å². The molecule has 0 aromatic rings. The highest BCUT2D eigenvalue weighted by Gasteiger charge is 2.59. The molecule has 0 radical (unpaired) electrons. The summed E-state index contributed by atoms with van der Waals surface area (Å²) in [7, 11) is -9.10. The van der Waals surface area contributed by atoms with E-state index in [0.717, 1.165) is 0 Å². The summed E-state index contributed by atoms with van der Waals surface area (Å²) in [6, 6.07) is 0. The van der Waals surface area contributed by atoms with Gasteiger partial charge in [0.2, 0.25) is 0 Å². The van der Waals surface area contributed by atoms with E-state index >= 15 is 0 Å². The fourth-order valence-corrected chi connectivity index (χ4v) is 3.72. The van der Waals surface area contributed by atoms with Crippen LogP contribution < -0.4 is 0 Å². The lowest BCUT2D eigenvalue weighted by atomic mass is 10.1. The van der Waals surface area contributed by atoms with E-state index in [-0.39, 0.29) is 6.54 Å². The second kappa shape index (κ2) is 4.90. The summed E-state index contributed by atoms with van der Waals surface area (Å²) in [5.74, 6) is 0. The van der Waals surface area contributed by atoms with Crippen LogP contribution in [0.25, 0.3) is 0 Å². The van der Waals surface area contributed by atoms with Crippen molar-refractivity contribution in [1.29, 1.82) is 0 Å². The second-order valence-corrected chi connectivity index (χ2v) is 8.13. The molecule has 0 bridgehead atoms. The van der Waals surface area contributed by atoms with Crippen LogP contribution in [0.4, 0.5) is 0 Å². The van der Waals surface area contributed by atoms with Crippen molar-refractivity contribution < 1.29 is 33.8 Å². The van der Waals surface area contributed by atoms with Gasteiger partial charge in [0.05, 0.1) is 0 Å². The van der Waals surface area contributed by atoms with Gasteiger partial charge in [0.1, 0.15) is 0 Å². The number of aliphatic hydroxyl groups is 1. The summed E-state index contributed by atoms with van der Waals surface area (Å²) in [6.45, 7) is 0.221. The first-order chi connectivity index (χ1) is 7.97. The molecular weight excluding hydrogens is 284 g/mol. The molecule has 1 aliphatic heterocycles. The van der Waals surface area contributed by atoms with E-state index in [1.54, 1.807) is 24.2 Å². The van der Waals surface area contributed by atoms with E-state index in [1.807, 2.05) is 0 Å². The molecule has 0 spiro atoms. The second-order valence-electron chi connectivity index (χ2n) is 4.12. The lowest BCUT2D eigenvalue weighted by Gasteiger charge is -2.31. The first-order valence-corrected chi connectivity index (χ1v) is 8.10. The van der Waals surface area contributed by atoms with Crippen LogP contribution in [0.15, 0.2) is 23.9 Å². The Morgan fingerprint density at radius 2 is 1.78 bits per heavy atom. The van der Waals surface area contributed by atoms with Crippen LogP contribution in [0, 0.1) is 0 Å². The molecule has 0 saturated heterocycles. The average Bonchev–Trinajstić information content (AvgIpc) is 2.13. The Bertz CT molecular complexity index is 452. The van der Waals surface area contributed by atoms with Gasteiger partial charge in [-0.2, -0.15) is 0 Å². The number of hydrogen-bond acceptors (Lipinski definition) is 4. The molecular formula is C8H15NO7P2. The fraction of sp³-hybridized carbons (Fsp3) is 0.500. The minimum atomic E-state index is -5.39. The van der Waals surface area contributed by atoms with Crippen molar-refractivity contribution in [3.05, 3.63) is 23.9 Å². The molecule has 0 saturated carbocycles. The summed E-state index contributed by atoms with van der Waals surface area (Å²) in [6.07, 6.45) is 3.89. The van der Waals surface area contributed by atoms with E-state index < -0.39 is 26.7 Å². The standard InChI is InChI=1S/C8H15NO7P2/c1-9-4-2-3-7(6-9)5-8(10,17(11,12)13)18(14,15)16/h2-4,10H,5-6H2,1H3,(H2,11,12,13)(H2,14,15,16). The summed E-state index contributed by atoms with van der Waals surface area (Å²) in [5.41, 5.74) is 0.314. The lowest BCUT2D eigenvalue weighted by molar-refractivity contribution is 0.129. The van der Waals surface area contributed by atoms with Crippen molar-refractivity contribution in [2.75, 3.05) is 13.6 Å². The van der Waals surface area contributed by atoms with Crippen LogP contribution in [-0.4, -0.2) is 48.3 Å². The number of nitrogens with zero attached hydrogens (tertiary/aromatic N) is 1. The van der Waals surface area contributed by atoms with Gasteiger partial charge in [-0.25, -0.2) is 0 Å². The molecule has 1 aliphatic rings. The Hall–Kier alpha value is -0.460. The van der Waals surface area contributed by atoms with E-state index in [1.165, 1.54) is 6.08 Å². The van der Waals surface area contributed by atoms with E-state index in [4.69, 9.17) is 19.6 Å². The third-order valence-electron chi connectivity index (χ3n) is 2.52. The van der Waals surface area contributed by atoms with Gasteiger partial charge in [0.25, 0.3) is 5.08 Å². The molecule has 18 heavy (non-hydrogen) atoms. The molecule has 0 fully saturated rings. The fourth-order valence-electron chi connectivity index (χ4n) is 1.55. The van der Waals surface area contributed by atoms with Crippen molar-refractivity contribution >= 4 is 15.2 Å². The van der Waals surface area contributed by atoms with Crippen molar-refractivity contribution in [2.45, 2.75) is 11.5 Å². The first kappa shape index (κ1) is 15.6. The minimum Gasteiger partial charge on any atom is -0.376 e. The number of rotatable bonds is 4. The minimum absolute atomic E-state index is 0.221. The van der Waals surface area contributed by atoms with Gasteiger partial charge < -0.3 is 29.6 Å². The third kappa shape index (κ3) is 3.10. The highest BCUT2D eigenvalue weighted by molar-refractivity contribution is 7.72. The maximum Gasteiger partial charge on any atom is 0.369 e. The largest absolute Gasteiger partial charge is 0.376 e. The van der Waals surface area contributed by atoms with Gasteiger partial charge in [0, 0.05) is 20.0 Å². The van der Waals surface area contributed by atoms with E-state index in [2.05, 4.69) is 0 Å².